The molecule has 38 heavy (non-hydrogen) atoms. The van der Waals surface area contributed by atoms with E-state index in [-0.39, 0.29) is 34.6 Å². The first-order chi connectivity index (χ1) is 17.6. The smallest absolute Gasteiger partial charge is 0.475 e. The van der Waals surface area contributed by atoms with Crippen molar-refractivity contribution in [2.45, 2.75) is 44.2 Å². The Morgan fingerprint density at radius 2 is 1.87 bits per heavy atom. The standard InChI is InChI=1S/C20H23N5O5S.C2HF3O2/c1-10-3-6-14-18(13(10)8-16(26)24-28)23-20(22-14)25-11(2)7-15(17(21)19(25)27)31(29,30)9-12-4-5-12;3-2(4,5)1(6)7/h3,6-7,12,28H,4-5,8-9,21H2,1-2H3,(H,22,23)(H,24,26);(H,6,7). The highest BCUT2D eigenvalue weighted by Gasteiger charge is 2.38. The van der Waals surface area contributed by atoms with Crippen molar-refractivity contribution in [3.63, 3.8) is 0 Å². The Kier molecular flexibility index (Phi) is 7.88. The number of hydrogen-bond donors (Lipinski definition) is 5. The molecule has 2 heterocycles. The normalized spacial score (nSPS) is 13.6. The van der Waals surface area contributed by atoms with Crippen molar-refractivity contribution < 1.29 is 41.5 Å². The highest BCUT2D eigenvalue weighted by Crippen LogP contribution is 2.33. The summed E-state index contributed by atoms with van der Waals surface area (Å²) in [4.78, 5) is 41.0. The number of pyridine rings is 1. The summed E-state index contributed by atoms with van der Waals surface area (Å²) >= 11 is 0. The first-order valence-electron chi connectivity index (χ1n) is 11.0. The van der Waals surface area contributed by atoms with Crippen LogP contribution in [0.1, 0.15) is 29.7 Å². The van der Waals surface area contributed by atoms with Gasteiger partial charge in [-0.15, -0.1) is 0 Å². The van der Waals surface area contributed by atoms with Crippen molar-refractivity contribution in [1.29, 1.82) is 0 Å². The SMILES string of the molecule is Cc1ccc2[nH]c(-n3c(C)cc(S(=O)(=O)CC4CC4)c(N)c3=O)nc2c1CC(=O)NO.O=C(O)C(F)(F)F. The molecule has 0 saturated heterocycles. The Morgan fingerprint density at radius 1 is 1.26 bits per heavy atom. The number of aryl methyl sites for hydroxylation is 2. The fourth-order valence-electron chi connectivity index (χ4n) is 3.67. The van der Waals surface area contributed by atoms with Gasteiger partial charge in [0.25, 0.3) is 5.56 Å². The lowest BCUT2D eigenvalue weighted by Crippen LogP contribution is -2.27. The van der Waals surface area contributed by atoms with E-state index in [1.54, 1.807) is 24.5 Å². The van der Waals surface area contributed by atoms with Gasteiger partial charge in [0.15, 0.2) is 9.84 Å². The second kappa shape index (κ2) is 10.4. The third-order valence-corrected chi connectivity index (χ3v) is 7.69. The summed E-state index contributed by atoms with van der Waals surface area (Å²) in [7, 11) is -3.66. The van der Waals surface area contributed by atoms with Crippen LogP contribution in [0, 0.1) is 19.8 Å². The van der Waals surface area contributed by atoms with Crippen molar-refractivity contribution >= 4 is 38.4 Å². The van der Waals surface area contributed by atoms with Gasteiger partial charge in [0, 0.05) is 5.69 Å². The zero-order valence-electron chi connectivity index (χ0n) is 20.1. The molecule has 16 heteroatoms. The van der Waals surface area contributed by atoms with E-state index in [1.807, 2.05) is 6.92 Å². The first kappa shape index (κ1) is 28.6. The summed E-state index contributed by atoms with van der Waals surface area (Å²) in [6, 6.07) is 4.95. The number of imidazole rings is 1. The third-order valence-electron chi connectivity index (χ3n) is 5.78. The summed E-state index contributed by atoms with van der Waals surface area (Å²) in [5.41, 5.74) is 9.34. The van der Waals surface area contributed by atoms with Crippen molar-refractivity contribution in [1.82, 2.24) is 20.0 Å². The molecule has 12 nitrogen and oxygen atoms in total. The van der Waals surface area contributed by atoms with Crippen LogP contribution in [-0.2, 0) is 25.8 Å². The summed E-state index contributed by atoms with van der Waals surface area (Å²) < 4.78 is 58.4. The number of carbonyl (C=O) groups excluding carboxylic acids is 1. The van der Waals surface area contributed by atoms with Gasteiger partial charge in [0.2, 0.25) is 11.9 Å². The number of sulfone groups is 1. The van der Waals surface area contributed by atoms with E-state index in [0.717, 1.165) is 18.4 Å². The van der Waals surface area contributed by atoms with Crippen LogP contribution >= 0.6 is 0 Å². The number of hydrogen-bond acceptors (Lipinski definition) is 8. The fourth-order valence-corrected chi connectivity index (χ4v) is 5.58. The van der Waals surface area contributed by atoms with Gasteiger partial charge >= 0.3 is 12.1 Å². The van der Waals surface area contributed by atoms with Crippen LogP contribution in [0.4, 0.5) is 18.9 Å². The molecule has 4 rings (SSSR count). The zero-order valence-corrected chi connectivity index (χ0v) is 20.9. The maximum absolute atomic E-state index is 13.0. The van der Waals surface area contributed by atoms with E-state index in [2.05, 4.69) is 9.97 Å². The predicted octanol–water partition coefficient (Wildman–Crippen LogP) is 1.78. The van der Waals surface area contributed by atoms with E-state index >= 15 is 0 Å². The van der Waals surface area contributed by atoms with Crippen LogP contribution in [0.3, 0.4) is 0 Å². The zero-order chi connectivity index (χ0) is 28.6. The van der Waals surface area contributed by atoms with Gasteiger partial charge in [-0.1, -0.05) is 6.07 Å². The lowest BCUT2D eigenvalue weighted by Gasteiger charge is -2.12. The Balaban J connectivity index is 0.000000505. The largest absolute Gasteiger partial charge is 0.490 e. The summed E-state index contributed by atoms with van der Waals surface area (Å²) in [5.74, 6) is -3.08. The van der Waals surface area contributed by atoms with Gasteiger partial charge in [-0.2, -0.15) is 13.2 Å². The van der Waals surface area contributed by atoms with Crippen LogP contribution in [0.5, 0.6) is 0 Å². The minimum atomic E-state index is -5.08. The number of aliphatic carboxylic acids is 1. The van der Waals surface area contributed by atoms with Crippen molar-refractivity contribution in [3.05, 3.63) is 45.4 Å². The average Bonchev–Trinajstić information content (AvgIpc) is 3.52. The number of nitrogen functional groups attached to an aromatic ring is 1. The monoisotopic (exact) mass is 559 g/mol. The second-order valence-corrected chi connectivity index (χ2v) is 10.8. The molecule has 6 N–H and O–H groups in total. The van der Waals surface area contributed by atoms with Gasteiger partial charge < -0.3 is 15.8 Å². The van der Waals surface area contributed by atoms with Gasteiger partial charge in [-0.3, -0.25) is 14.8 Å². The number of H-pyrrole nitrogens is 1. The van der Waals surface area contributed by atoms with Crippen molar-refractivity contribution in [2.24, 2.45) is 5.92 Å². The Hall–Kier alpha value is -3.92. The number of nitrogens with two attached hydrogens (primary N) is 1. The van der Waals surface area contributed by atoms with Crippen LogP contribution in [0.25, 0.3) is 17.0 Å². The molecule has 1 aliphatic rings. The quantitative estimate of drug-likeness (QED) is 0.221. The van der Waals surface area contributed by atoms with Crippen LogP contribution in [-0.4, -0.2) is 57.1 Å². The molecule has 0 unspecified atom stereocenters. The molecule has 0 radical (unpaired) electrons. The number of carboxylic acids is 1. The summed E-state index contributed by atoms with van der Waals surface area (Å²) in [6.07, 6.45) is -3.45. The molecule has 1 aliphatic carbocycles. The molecule has 0 bridgehead atoms. The lowest BCUT2D eigenvalue weighted by atomic mass is 10.0. The number of aromatic nitrogens is 3. The number of aromatic amines is 1. The van der Waals surface area contributed by atoms with E-state index in [9.17, 15) is 31.2 Å². The molecule has 0 aliphatic heterocycles. The second-order valence-electron chi connectivity index (χ2n) is 8.76. The van der Waals surface area contributed by atoms with Crippen LogP contribution in [0.15, 0.2) is 27.9 Å². The fraction of sp³-hybridized carbons (Fsp3) is 0.364. The molecule has 1 aromatic carbocycles. The Bertz CT molecular complexity index is 1570. The number of hydroxylamine groups is 1. The van der Waals surface area contributed by atoms with E-state index in [0.29, 0.717) is 22.3 Å². The predicted molar refractivity (Wildman–Crippen MR) is 128 cm³/mol. The minimum absolute atomic E-state index is 0.0136. The van der Waals surface area contributed by atoms with Gasteiger partial charge in [-0.25, -0.2) is 28.2 Å². The first-order valence-corrected chi connectivity index (χ1v) is 12.7. The molecule has 0 atom stereocenters. The molecule has 1 saturated carbocycles. The summed E-state index contributed by atoms with van der Waals surface area (Å²) in [5, 5.41) is 16.0. The van der Waals surface area contributed by atoms with Crippen molar-refractivity contribution in [2.75, 3.05) is 11.5 Å². The lowest BCUT2D eigenvalue weighted by molar-refractivity contribution is -0.192. The molecule has 1 fully saturated rings. The topological polar surface area (TPSA) is 197 Å². The van der Waals surface area contributed by atoms with E-state index in [4.69, 9.17) is 20.8 Å². The highest BCUT2D eigenvalue weighted by atomic mass is 32.2. The molecule has 0 spiro atoms. The highest BCUT2D eigenvalue weighted by molar-refractivity contribution is 7.91. The number of rotatable bonds is 6. The minimum Gasteiger partial charge on any atom is -0.475 e. The van der Waals surface area contributed by atoms with Gasteiger partial charge in [0.05, 0.1) is 28.1 Å². The number of fused-ring (bicyclic) bond motifs is 1. The molecule has 1 amide bonds. The van der Waals surface area contributed by atoms with Gasteiger partial charge in [0.1, 0.15) is 5.69 Å². The third kappa shape index (κ3) is 6.13. The number of halogens is 3. The maximum atomic E-state index is 13.0. The number of nitrogens with zero attached hydrogens (tertiary/aromatic N) is 2. The van der Waals surface area contributed by atoms with E-state index < -0.39 is 33.4 Å². The number of amides is 1. The average molecular weight is 560 g/mol. The van der Waals surface area contributed by atoms with Crippen LogP contribution in [0.2, 0.25) is 0 Å². The molecular formula is C22H24F3N5O7S. The number of anilines is 1. The Morgan fingerprint density at radius 3 is 2.39 bits per heavy atom. The number of carbonyl (C=O) groups is 2. The number of nitrogens with one attached hydrogen (secondary N) is 2. The number of benzene rings is 1. The number of alkyl halides is 3. The molecular weight excluding hydrogens is 535 g/mol. The molecule has 206 valence electrons. The summed E-state index contributed by atoms with van der Waals surface area (Å²) in [6.45, 7) is 3.41. The van der Waals surface area contributed by atoms with Crippen molar-refractivity contribution in [3.8, 4) is 5.95 Å². The van der Waals surface area contributed by atoms with Crippen LogP contribution < -0.4 is 16.8 Å². The molecule has 3 aromatic rings. The van der Waals surface area contributed by atoms with Gasteiger partial charge in [-0.05, 0) is 55.9 Å². The maximum Gasteiger partial charge on any atom is 0.490 e. The Labute approximate surface area is 213 Å². The van der Waals surface area contributed by atoms with E-state index in [1.165, 1.54) is 10.6 Å². The number of carboxylic acid groups (broad SMARTS) is 1. The molecule has 2 aromatic heterocycles.